The van der Waals surface area contributed by atoms with Gasteiger partial charge in [0.25, 0.3) is 0 Å². The van der Waals surface area contributed by atoms with Gasteiger partial charge >= 0.3 is 5.97 Å². The van der Waals surface area contributed by atoms with E-state index in [1.807, 2.05) is 52.1 Å². The van der Waals surface area contributed by atoms with Crippen molar-refractivity contribution in [3.05, 3.63) is 65.7 Å². The van der Waals surface area contributed by atoms with Crippen LogP contribution in [0.2, 0.25) is 0 Å². The second-order valence-electron chi connectivity index (χ2n) is 10.6. The Hall–Kier alpha value is -2.71. The summed E-state index contributed by atoms with van der Waals surface area (Å²) in [5, 5.41) is 2.04. The van der Waals surface area contributed by atoms with Crippen LogP contribution >= 0.6 is 23.1 Å². The number of benzene rings is 2. The van der Waals surface area contributed by atoms with Gasteiger partial charge in [-0.15, -0.1) is 11.3 Å². The van der Waals surface area contributed by atoms with E-state index in [1.165, 1.54) is 23.1 Å². The van der Waals surface area contributed by atoms with Gasteiger partial charge in [-0.2, -0.15) is 0 Å². The second kappa shape index (κ2) is 11.8. The van der Waals surface area contributed by atoms with Crippen molar-refractivity contribution in [1.82, 2.24) is 4.98 Å². The topological polar surface area (TPSA) is 54.9 Å². The third-order valence-electron chi connectivity index (χ3n) is 5.99. The summed E-state index contributed by atoms with van der Waals surface area (Å²) in [5.41, 5.74) is 2.99. The van der Waals surface area contributed by atoms with E-state index in [-0.39, 0.29) is 5.97 Å². The van der Waals surface area contributed by atoms with Gasteiger partial charge in [0.15, 0.2) is 4.34 Å². The summed E-state index contributed by atoms with van der Waals surface area (Å²) in [4.78, 5) is 22.1. The summed E-state index contributed by atoms with van der Waals surface area (Å²) in [6, 6.07) is 19.0. The maximum Gasteiger partial charge on any atom is 0.322 e. The monoisotopic (exact) mass is 539 g/mol. The third-order valence-corrected chi connectivity index (χ3v) is 8.16. The predicted octanol–water partition coefficient (Wildman–Crippen LogP) is 6.30. The molecule has 0 radical (unpaired) electrons. The maximum atomic E-state index is 12.5. The number of carbonyl (C=O) groups excluding carboxylic acids is 1. The normalized spacial score (nSPS) is 14.5. The zero-order valence-electron chi connectivity index (χ0n) is 22.4. The molecule has 4 rings (SSSR count). The minimum Gasteiger partial charge on any atom is -0.493 e. The van der Waals surface area contributed by atoms with Gasteiger partial charge in [-0.3, -0.25) is 4.79 Å². The molecule has 0 saturated carbocycles. The van der Waals surface area contributed by atoms with Crippen LogP contribution in [0, 0.1) is 0 Å². The van der Waals surface area contributed by atoms with Crippen molar-refractivity contribution < 1.29 is 14.3 Å². The average Bonchev–Trinajstić information content (AvgIpc) is 3.30. The van der Waals surface area contributed by atoms with Crippen molar-refractivity contribution in [1.29, 1.82) is 0 Å². The number of hydrogen-bond donors (Lipinski definition) is 0. The van der Waals surface area contributed by atoms with Crippen LogP contribution in [0.5, 0.6) is 5.75 Å². The Morgan fingerprint density at radius 2 is 1.51 bits per heavy atom. The Balaban J connectivity index is 1.21. The zero-order chi connectivity index (χ0) is 26.5. The first-order valence-electron chi connectivity index (χ1n) is 12.7. The predicted molar refractivity (Wildman–Crippen MR) is 154 cm³/mol. The molecule has 0 N–H and O–H groups in total. The van der Waals surface area contributed by atoms with Crippen LogP contribution < -0.4 is 14.5 Å². The molecule has 0 spiro atoms. The number of thiazole rings is 1. The molecule has 0 unspecified atom stereocenters. The molecule has 2 aromatic carbocycles. The van der Waals surface area contributed by atoms with Crippen molar-refractivity contribution in [2.75, 3.05) is 42.6 Å². The van der Waals surface area contributed by atoms with E-state index in [2.05, 4.69) is 52.3 Å². The Morgan fingerprint density at radius 1 is 0.919 bits per heavy atom. The molecule has 1 aromatic heterocycles. The third kappa shape index (κ3) is 7.89. The first-order valence-corrected chi connectivity index (χ1v) is 14.4. The van der Waals surface area contributed by atoms with Crippen LogP contribution in [0.25, 0.3) is 0 Å². The average molecular weight is 540 g/mol. The molecule has 3 aromatic rings. The lowest BCUT2D eigenvalue weighted by atomic mass is 10.1. The zero-order valence-corrected chi connectivity index (χ0v) is 24.0. The number of aromatic nitrogens is 1. The first kappa shape index (κ1) is 27.3. The molecule has 1 aliphatic heterocycles. The second-order valence-corrected chi connectivity index (χ2v) is 13.3. The number of esters is 1. The summed E-state index contributed by atoms with van der Waals surface area (Å²) >= 11 is 3.00. The standard InChI is InChI=1S/C29H37N3O3S2/c1-28(2,3)35-26(33)29(4,5)37-27-30-22(21-36-27)15-20-34-25-13-11-24(12-14-25)32-18-16-31(17-19-32)23-9-7-6-8-10-23/h6-14,21H,15-20H2,1-5H3. The largest absolute Gasteiger partial charge is 0.493 e. The number of piperazine rings is 1. The van der Waals surface area contributed by atoms with Gasteiger partial charge in [0.1, 0.15) is 16.1 Å². The fourth-order valence-corrected chi connectivity index (χ4v) is 6.26. The summed E-state index contributed by atoms with van der Waals surface area (Å²) in [6.07, 6.45) is 0.715. The van der Waals surface area contributed by atoms with Crippen LogP contribution in [0.15, 0.2) is 64.3 Å². The number of thioether (sulfide) groups is 1. The number of rotatable bonds is 9. The Labute approximate surface area is 229 Å². The van der Waals surface area contributed by atoms with Gasteiger partial charge in [0, 0.05) is 49.4 Å². The fourth-order valence-electron chi connectivity index (χ4n) is 4.00. The highest BCUT2D eigenvalue weighted by atomic mass is 32.2. The van der Waals surface area contributed by atoms with Crippen LogP contribution in [-0.2, 0) is 16.0 Å². The molecule has 198 valence electrons. The Bertz CT molecular complexity index is 1150. The lowest BCUT2D eigenvalue weighted by Crippen LogP contribution is -2.46. The molecule has 1 aliphatic rings. The van der Waals surface area contributed by atoms with E-state index < -0.39 is 10.3 Å². The minimum absolute atomic E-state index is 0.230. The highest BCUT2D eigenvalue weighted by Crippen LogP contribution is 2.36. The summed E-state index contributed by atoms with van der Waals surface area (Å²) in [7, 11) is 0. The number of hydrogen-bond acceptors (Lipinski definition) is 8. The van der Waals surface area contributed by atoms with Gasteiger partial charge in [-0.25, -0.2) is 4.98 Å². The summed E-state index contributed by atoms with van der Waals surface area (Å²) < 4.78 is 11.7. The number of carbonyl (C=O) groups is 1. The maximum absolute atomic E-state index is 12.5. The molecular weight excluding hydrogens is 502 g/mol. The lowest BCUT2D eigenvalue weighted by molar-refractivity contribution is -0.156. The van der Waals surface area contributed by atoms with Gasteiger partial charge < -0.3 is 19.3 Å². The minimum atomic E-state index is -0.700. The smallest absolute Gasteiger partial charge is 0.322 e. The molecule has 2 heterocycles. The fraction of sp³-hybridized carbons (Fsp3) is 0.448. The number of anilines is 2. The van der Waals surface area contributed by atoms with Gasteiger partial charge in [0.2, 0.25) is 0 Å². The summed E-state index contributed by atoms with van der Waals surface area (Å²) in [6.45, 7) is 14.0. The number of para-hydroxylation sites is 1. The molecule has 1 saturated heterocycles. The van der Waals surface area contributed by atoms with Crippen molar-refractivity contribution in [3.8, 4) is 5.75 Å². The van der Waals surface area contributed by atoms with Crippen LogP contribution in [0.4, 0.5) is 11.4 Å². The molecule has 0 aliphatic carbocycles. The lowest BCUT2D eigenvalue weighted by Gasteiger charge is -2.37. The van der Waals surface area contributed by atoms with E-state index in [9.17, 15) is 4.79 Å². The van der Waals surface area contributed by atoms with E-state index in [4.69, 9.17) is 14.5 Å². The van der Waals surface area contributed by atoms with E-state index in [0.717, 1.165) is 42.0 Å². The molecule has 6 nitrogen and oxygen atoms in total. The van der Waals surface area contributed by atoms with Crippen molar-refractivity contribution in [2.45, 2.75) is 55.7 Å². The molecule has 0 amide bonds. The quantitative estimate of drug-likeness (QED) is 0.233. The molecule has 0 atom stereocenters. The number of ether oxygens (including phenoxy) is 2. The van der Waals surface area contributed by atoms with Crippen LogP contribution in [0.1, 0.15) is 40.3 Å². The molecule has 0 bridgehead atoms. The molecular formula is C29H37N3O3S2. The van der Waals surface area contributed by atoms with Gasteiger partial charge in [-0.05, 0) is 71.0 Å². The van der Waals surface area contributed by atoms with Crippen molar-refractivity contribution in [3.63, 3.8) is 0 Å². The van der Waals surface area contributed by atoms with E-state index >= 15 is 0 Å². The van der Waals surface area contributed by atoms with Crippen LogP contribution in [0.3, 0.4) is 0 Å². The highest BCUT2D eigenvalue weighted by molar-refractivity contribution is 8.03. The molecule has 8 heteroatoms. The van der Waals surface area contributed by atoms with Crippen molar-refractivity contribution in [2.24, 2.45) is 0 Å². The Morgan fingerprint density at radius 3 is 2.11 bits per heavy atom. The summed E-state index contributed by atoms with van der Waals surface area (Å²) in [5.74, 6) is 0.633. The van der Waals surface area contributed by atoms with E-state index in [0.29, 0.717) is 13.0 Å². The number of nitrogens with zero attached hydrogens (tertiary/aromatic N) is 3. The van der Waals surface area contributed by atoms with E-state index in [1.54, 1.807) is 11.3 Å². The highest BCUT2D eigenvalue weighted by Gasteiger charge is 2.34. The SMILES string of the molecule is CC(C)(C)OC(=O)C(C)(C)Sc1nc(CCOc2ccc(N3CCN(c4ccccc4)CC3)cc2)cs1. The first-order chi connectivity index (χ1) is 17.6. The molecule has 37 heavy (non-hydrogen) atoms. The Kier molecular flexibility index (Phi) is 8.70. The molecule has 1 fully saturated rings. The van der Waals surface area contributed by atoms with Crippen LogP contribution in [-0.4, -0.2) is 54.1 Å². The van der Waals surface area contributed by atoms with Gasteiger partial charge in [0.05, 0.1) is 12.3 Å². The van der Waals surface area contributed by atoms with Crippen molar-refractivity contribution >= 4 is 40.4 Å². The van der Waals surface area contributed by atoms with Gasteiger partial charge in [-0.1, -0.05) is 30.0 Å².